The van der Waals surface area contributed by atoms with Gasteiger partial charge in [-0.25, -0.2) is 9.98 Å². The Labute approximate surface area is 82.9 Å². The van der Waals surface area contributed by atoms with Gasteiger partial charge in [-0.05, 0) is 12.1 Å². The summed E-state index contributed by atoms with van der Waals surface area (Å²) in [6.07, 6.45) is 0. The number of amides is 2. The van der Waals surface area contributed by atoms with Crippen LogP contribution in [0.2, 0.25) is 5.02 Å². The molecule has 2 rings (SSSR count). The van der Waals surface area contributed by atoms with Crippen LogP contribution < -0.4 is 16.4 Å². The van der Waals surface area contributed by atoms with E-state index in [9.17, 15) is 9.59 Å². The van der Waals surface area contributed by atoms with E-state index in [-0.39, 0.29) is 15.7 Å². The number of carbonyl (C=O) groups excluding carboxylic acids is 2. The fourth-order valence-electron chi connectivity index (χ4n) is 1.11. The summed E-state index contributed by atoms with van der Waals surface area (Å²) in [6.45, 7) is 0. The fraction of sp³-hybridized carbons (Fsp3) is 0. The summed E-state index contributed by atoms with van der Waals surface area (Å²) >= 11 is 5.76. The van der Waals surface area contributed by atoms with Gasteiger partial charge in [0.2, 0.25) is 0 Å². The highest BCUT2D eigenvalue weighted by atomic mass is 35.5. The fourth-order valence-corrected chi connectivity index (χ4v) is 1.37. The number of hydrogen-bond donors (Lipinski definition) is 1. The third kappa shape index (κ3) is 1.27. The van der Waals surface area contributed by atoms with Gasteiger partial charge in [-0.1, -0.05) is 11.6 Å². The van der Waals surface area contributed by atoms with E-state index < -0.39 is 11.8 Å². The van der Waals surface area contributed by atoms with Crippen molar-refractivity contribution in [2.75, 3.05) is 5.73 Å². The quantitative estimate of drug-likeness (QED) is 0.450. The maximum atomic E-state index is 10.9. The monoisotopic (exact) mass is 209 g/mol. The number of nitrogens with zero attached hydrogens (tertiary/aromatic N) is 2. The van der Waals surface area contributed by atoms with Crippen molar-refractivity contribution in [3.63, 3.8) is 0 Å². The van der Waals surface area contributed by atoms with Crippen LogP contribution in [-0.2, 0) is 9.59 Å². The molecule has 0 aromatic heterocycles. The predicted molar refractivity (Wildman–Crippen MR) is 48.2 cm³/mol. The van der Waals surface area contributed by atoms with Gasteiger partial charge in [-0.2, -0.15) is 0 Å². The Morgan fingerprint density at radius 3 is 2.50 bits per heavy atom. The highest BCUT2D eigenvalue weighted by Crippen LogP contribution is 2.05. The molecule has 2 amide bonds. The number of anilines is 1. The second-order valence-electron chi connectivity index (χ2n) is 2.70. The van der Waals surface area contributed by atoms with Crippen molar-refractivity contribution in [2.24, 2.45) is 9.98 Å². The van der Waals surface area contributed by atoms with Gasteiger partial charge in [0.25, 0.3) is 0 Å². The van der Waals surface area contributed by atoms with Crippen molar-refractivity contribution in [1.29, 1.82) is 0 Å². The smallest absolute Gasteiger partial charge is 0.338 e. The molecule has 70 valence electrons. The highest BCUT2D eigenvalue weighted by Gasteiger charge is 2.16. The Morgan fingerprint density at radius 1 is 1.14 bits per heavy atom. The molecule has 14 heavy (non-hydrogen) atoms. The molecule has 0 atom stereocenters. The van der Waals surface area contributed by atoms with Gasteiger partial charge < -0.3 is 5.73 Å². The van der Waals surface area contributed by atoms with Crippen LogP contribution in [0.25, 0.3) is 0 Å². The molecule has 1 aromatic rings. The SMILES string of the molecule is Nc1cc(Cl)c2c(c1)=NC(=O)C(=O)N=2. The Kier molecular flexibility index (Phi) is 1.82. The molecule has 0 saturated heterocycles. The number of fused-ring (bicyclic) bond motifs is 1. The molecule has 0 aliphatic carbocycles. The van der Waals surface area contributed by atoms with Gasteiger partial charge in [0.05, 0.1) is 10.4 Å². The third-order valence-electron chi connectivity index (χ3n) is 1.68. The summed E-state index contributed by atoms with van der Waals surface area (Å²) in [7, 11) is 0. The number of nitrogens with two attached hydrogens (primary N) is 1. The van der Waals surface area contributed by atoms with Crippen molar-refractivity contribution in [2.45, 2.75) is 0 Å². The maximum absolute atomic E-state index is 10.9. The van der Waals surface area contributed by atoms with Crippen molar-refractivity contribution in [1.82, 2.24) is 0 Å². The predicted octanol–water partition coefficient (Wildman–Crippen LogP) is -0.772. The average Bonchev–Trinajstić information content (AvgIpc) is 2.08. The number of nitrogen functional groups attached to an aromatic ring is 1. The van der Waals surface area contributed by atoms with E-state index in [0.717, 1.165) is 0 Å². The van der Waals surface area contributed by atoms with Crippen LogP contribution >= 0.6 is 11.6 Å². The topological polar surface area (TPSA) is 84.9 Å². The first-order chi connectivity index (χ1) is 6.58. The lowest BCUT2D eigenvalue weighted by molar-refractivity contribution is -0.135. The van der Waals surface area contributed by atoms with Crippen LogP contribution in [0.4, 0.5) is 5.69 Å². The first-order valence-electron chi connectivity index (χ1n) is 3.69. The van der Waals surface area contributed by atoms with Crippen LogP contribution in [0.5, 0.6) is 0 Å². The first-order valence-corrected chi connectivity index (χ1v) is 4.06. The number of benzene rings is 1. The van der Waals surface area contributed by atoms with E-state index in [1.165, 1.54) is 12.1 Å². The molecule has 0 spiro atoms. The second-order valence-corrected chi connectivity index (χ2v) is 3.11. The minimum Gasteiger partial charge on any atom is -0.399 e. The van der Waals surface area contributed by atoms with E-state index in [1.54, 1.807) is 0 Å². The van der Waals surface area contributed by atoms with E-state index in [2.05, 4.69) is 9.98 Å². The lowest BCUT2D eigenvalue weighted by atomic mass is 10.2. The summed E-state index contributed by atoms with van der Waals surface area (Å²) in [6, 6.07) is 2.89. The van der Waals surface area contributed by atoms with Gasteiger partial charge in [0.1, 0.15) is 5.36 Å². The van der Waals surface area contributed by atoms with Gasteiger partial charge >= 0.3 is 11.8 Å². The molecule has 0 unspecified atom stereocenters. The molecule has 0 fully saturated rings. The number of halogens is 1. The highest BCUT2D eigenvalue weighted by molar-refractivity contribution is 6.37. The molecule has 6 heteroatoms. The number of rotatable bonds is 0. The second kappa shape index (κ2) is 2.88. The molecule has 1 aliphatic rings. The van der Waals surface area contributed by atoms with Gasteiger partial charge in [0.15, 0.2) is 0 Å². The van der Waals surface area contributed by atoms with Crippen molar-refractivity contribution < 1.29 is 9.59 Å². The van der Waals surface area contributed by atoms with Gasteiger partial charge in [-0.15, -0.1) is 0 Å². The zero-order valence-corrected chi connectivity index (χ0v) is 7.58. The summed E-state index contributed by atoms with van der Waals surface area (Å²) in [5.74, 6) is -1.82. The normalized spacial score (nSPS) is 14.4. The molecule has 1 heterocycles. The molecule has 0 saturated carbocycles. The lowest BCUT2D eigenvalue weighted by Gasteiger charge is -2.00. The zero-order chi connectivity index (χ0) is 10.3. The van der Waals surface area contributed by atoms with E-state index in [4.69, 9.17) is 17.3 Å². The van der Waals surface area contributed by atoms with Crippen LogP contribution in [-0.4, -0.2) is 11.8 Å². The molecular weight excluding hydrogens is 206 g/mol. The Balaban J connectivity index is 2.92. The number of carbonyl (C=O) groups is 2. The lowest BCUT2D eigenvalue weighted by Crippen LogP contribution is -2.35. The van der Waals surface area contributed by atoms with Crippen LogP contribution in [0.1, 0.15) is 0 Å². The van der Waals surface area contributed by atoms with Crippen LogP contribution in [0, 0.1) is 0 Å². The summed E-state index contributed by atoms with van der Waals surface area (Å²) in [4.78, 5) is 28.8. The molecule has 1 aliphatic heterocycles. The van der Waals surface area contributed by atoms with E-state index in [1.807, 2.05) is 0 Å². The summed E-state index contributed by atoms with van der Waals surface area (Å²) < 4.78 is 0. The van der Waals surface area contributed by atoms with Gasteiger partial charge in [0, 0.05) is 5.69 Å². The van der Waals surface area contributed by atoms with Crippen LogP contribution in [0.15, 0.2) is 22.1 Å². The maximum Gasteiger partial charge on any atom is 0.338 e. The molecule has 0 bridgehead atoms. The first kappa shape index (κ1) is 8.83. The van der Waals surface area contributed by atoms with E-state index in [0.29, 0.717) is 5.69 Å². The average molecular weight is 210 g/mol. The molecule has 1 aromatic carbocycles. The standard InChI is InChI=1S/C8H4ClN3O2/c9-4-1-3(10)2-5-6(4)12-8(14)7(13)11-5/h1-2H,10H2. The molecule has 2 N–H and O–H groups in total. The third-order valence-corrected chi connectivity index (χ3v) is 1.97. The Morgan fingerprint density at radius 2 is 1.79 bits per heavy atom. The Bertz CT molecular complexity index is 565. The molecule has 0 radical (unpaired) electrons. The number of hydrogen-bond acceptors (Lipinski definition) is 3. The Hall–Kier alpha value is -1.75. The summed E-state index contributed by atoms with van der Waals surface area (Å²) in [5, 5.41) is 0.648. The zero-order valence-electron chi connectivity index (χ0n) is 6.82. The minimum atomic E-state index is -0.913. The van der Waals surface area contributed by atoms with Crippen molar-refractivity contribution >= 4 is 29.1 Å². The van der Waals surface area contributed by atoms with Crippen molar-refractivity contribution in [3.8, 4) is 0 Å². The van der Waals surface area contributed by atoms with Gasteiger partial charge in [-0.3, -0.25) is 9.59 Å². The summed E-state index contributed by atoms with van der Waals surface area (Å²) in [5.41, 5.74) is 5.85. The van der Waals surface area contributed by atoms with Crippen molar-refractivity contribution in [3.05, 3.63) is 27.9 Å². The van der Waals surface area contributed by atoms with Crippen LogP contribution in [0.3, 0.4) is 0 Å². The minimum absolute atomic E-state index is 0.200. The van der Waals surface area contributed by atoms with E-state index >= 15 is 0 Å². The molecule has 5 nitrogen and oxygen atoms in total. The molecular formula is C8H4ClN3O2. The largest absolute Gasteiger partial charge is 0.399 e.